The van der Waals surface area contributed by atoms with E-state index in [1.165, 1.54) is 6.07 Å². The molecule has 1 aromatic rings. The van der Waals surface area contributed by atoms with Crippen molar-refractivity contribution in [2.75, 3.05) is 6.54 Å². The van der Waals surface area contributed by atoms with E-state index in [-0.39, 0.29) is 17.2 Å². The summed E-state index contributed by atoms with van der Waals surface area (Å²) in [6, 6.07) is 2.52. The lowest BCUT2D eigenvalue weighted by atomic mass is 10.0. The van der Waals surface area contributed by atoms with Gasteiger partial charge >= 0.3 is 0 Å². The second kappa shape index (κ2) is 4.87. The van der Waals surface area contributed by atoms with Gasteiger partial charge in [0.1, 0.15) is 6.67 Å². The topological polar surface area (TPSA) is 12.0 Å². The van der Waals surface area contributed by atoms with Crippen LogP contribution in [0.1, 0.15) is 24.0 Å². The van der Waals surface area contributed by atoms with Crippen molar-refractivity contribution in [1.29, 1.82) is 0 Å². The normalized spacial score (nSPS) is 20.3. The summed E-state index contributed by atoms with van der Waals surface area (Å²) in [6.45, 7) is 0.153. The van der Waals surface area contributed by atoms with Gasteiger partial charge in [-0.25, -0.2) is 13.2 Å². The summed E-state index contributed by atoms with van der Waals surface area (Å²) in [5.74, 6) is -1.80. The zero-order valence-electron chi connectivity index (χ0n) is 8.90. The van der Waals surface area contributed by atoms with E-state index in [0.717, 1.165) is 25.5 Å². The molecular formula is C12H14F3N. The highest BCUT2D eigenvalue weighted by Gasteiger charge is 2.18. The highest BCUT2D eigenvalue weighted by Crippen LogP contribution is 2.19. The average molecular weight is 229 g/mol. The van der Waals surface area contributed by atoms with Crippen molar-refractivity contribution in [3.8, 4) is 0 Å². The monoisotopic (exact) mass is 229 g/mol. The Labute approximate surface area is 92.7 Å². The Bertz CT molecular complexity index is 373. The molecule has 0 aliphatic carbocycles. The summed E-state index contributed by atoms with van der Waals surface area (Å²) < 4.78 is 39.0. The second-order valence-corrected chi connectivity index (χ2v) is 4.18. The molecule has 2 rings (SSSR count). The Morgan fingerprint density at radius 3 is 2.75 bits per heavy atom. The van der Waals surface area contributed by atoms with Crippen molar-refractivity contribution in [3.05, 3.63) is 34.9 Å². The number of nitrogens with one attached hydrogen (secondary N) is 1. The molecule has 0 radical (unpaired) electrons. The number of benzene rings is 1. The van der Waals surface area contributed by atoms with Gasteiger partial charge in [0, 0.05) is 6.04 Å². The number of rotatable bonds is 3. The summed E-state index contributed by atoms with van der Waals surface area (Å²) in [5.41, 5.74) is 0.471. The van der Waals surface area contributed by atoms with Crippen LogP contribution in [0.5, 0.6) is 0 Å². The maximum Gasteiger partial charge on any atom is 0.162 e. The van der Waals surface area contributed by atoms with E-state index in [4.69, 9.17) is 0 Å². The van der Waals surface area contributed by atoms with E-state index in [2.05, 4.69) is 5.32 Å². The molecule has 1 saturated heterocycles. The van der Waals surface area contributed by atoms with Crippen molar-refractivity contribution < 1.29 is 13.2 Å². The van der Waals surface area contributed by atoms with Gasteiger partial charge in [-0.15, -0.1) is 0 Å². The molecule has 0 spiro atoms. The minimum absolute atomic E-state index is 0.184. The second-order valence-electron chi connectivity index (χ2n) is 4.18. The third kappa shape index (κ3) is 2.38. The molecular weight excluding hydrogens is 215 g/mol. The summed E-state index contributed by atoms with van der Waals surface area (Å²) in [4.78, 5) is 0. The van der Waals surface area contributed by atoms with E-state index in [9.17, 15) is 13.2 Å². The lowest BCUT2D eigenvalue weighted by Crippen LogP contribution is -2.24. The summed E-state index contributed by atoms with van der Waals surface area (Å²) in [5, 5.41) is 3.21. The van der Waals surface area contributed by atoms with Crippen molar-refractivity contribution in [2.24, 2.45) is 0 Å². The summed E-state index contributed by atoms with van der Waals surface area (Å²) in [6.07, 6.45) is 2.44. The third-order valence-corrected chi connectivity index (χ3v) is 2.95. The van der Waals surface area contributed by atoms with Crippen molar-refractivity contribution >= 4 is 0 Å². The van der Waals surface area contributed by atoms with E-state index < -0.39 is 18.3 Å². The molecule has 0 aromatic heterocycles. The number of halogens is 3. The van der Waals surface area contributed by atoms with Crippen LogP contribution in [-0.4, -0.2) is 12.6 Å². The first-order valence-corrected chi connectivity index (χ1v) is 5.47. The molecule has 0 bridgehead atoms. The highest BCUT2D eigenvalue weighted by molar-refractivity contribution is 5.27. The van der Waals surface area contributed by atoms with Gasteiger partial charge in [-0.2, -0.15) is 0 Å². The summed E-state index contributed by atoms with van der Waals surface area (Å²) in [7, 11) is 0. The molecule has 1 atom stereocenters. The number of hydrogen-bond acceptors (Lipinski definition) is 1. The lowest BCUT2D eigenvalue weighted by molar-refractivity contribution is 0.464. The number of alkyl halides is 1. The molecule has 1 aliphatic rings. The van der Waals surface area contributed by atoms with Gasteiger partial charge in [0.25, 0.3) is 0 Å². The standard InChI is InChI=1S/C12H14F3N/c13-7-8-4-9(12(15)11(14)5-8)6-10-2-1-3-16-10/h4-5,10,16H,1-3,6-7H2. The van der Waals surface area contributed by atoms with E-state index in [0.29, 0.717) is 6.42 Å². The molecule has 1 aromatic carbocycles. The molecule has 1 heterocycles. The quantitative estimate of drug-likeness (QED) is 0.840. The van der Waals surface area contributed by atoms with Gasteiger partial charge in [0.05, 0.1) is 0 Å². The Hall–Kier alpha value is -1.03. The van der Waals surface area contributed by atoms with Crippen LogP contribution >= 0.6 is 0 Å². The van der Waals surface area contributed by atoms with Gasteiger partial charge in [0.15, 0.2) is 11.6 Å². The maximum absolute atomic E-state index is 13.4. The first-order valence-electron chi connectivity index (χ1n) is 5.47. The minimum Gasteiger partial charge on any atom is -0.314 e. The Kier molecular flexibility index (Phi) is 3.49. The molecule has 16 heavy (non-hydrogen) atoms. The van der Waals surface area contributed by atoms with Gasteiger partial charge in [-0.05, 0) is 43.0 Å². The van der Waals surface area contributed by atoms with Crippen LogP contribution in [0.2, 0.25) is 0 Å². The van der Waals surface area contributed by atoms with Gasteiger partial charge < -0.3 is 5.32 Å². The molecule has 1 aliphatic heterocycles. The van der Waals surface area contributed by atoms with Crippen LogP contribution in [0.25, 0.3) is 0 Å². The average Bonchev–Trinajstić information content (AvgIpc) is 2.77. The van der Waals surface area contributed by atoms with Crippen LogP contribution in [0.3, 0.4) is 0 Å². The van der Waals surface area contributed by atoms with Crippen LogP contribution < -0.4 is 5.32 Å². The van der Waals surface area contributed by atoms with Crippen LogP contribution in [0, 0.1) is 11.6 Å². The molecule has 1 unspecified atom stereocenters. The summed E-state index contributed by atoms with van der Waals surface area (Å²) >= 11 is 0. The lowest BCUT2D eigenvalue weighted by Gasteiger charge is -2.12. The zero-order valence-corrected chi connectivity index (χ0v) is 8.90. The Balaban J connectivity index is 2.20. The van der Waals surface area contributed by atoms with Crippen LogP contribution in [-0.2, 0) is 13.1 Å². The van der Waals surface area contributed by atoms with Crippen LogP contribution in [0.4, 0.5) is 13.2 Å². The Morgan fingerprint density at radius 1 is 1.31 bits per heavy atom. The molecule has 4 heteroatoms. The predicted octanol–water partition coefficient (Wildman–Crippen LogP) is 2.73. The highest BCUT2D eigenvalue weighted by atomic mass is 19.2. The predicted molar refractivity (Wildman–Crippen MR) is 55.9 cm³/mol. The van der Waals surface area contributed by atoms with Gasteiger partial charge in [-0.1, -0.05) is 6.07 Å². The maximum atomic E-state index is 13.4. The zero-order chi connectivity index (χ0) is 11.5. The molecule has 0 saturated carbocycles. The molecule has 88 valence electrons. The SMILES string of the molecule is FCc1cc(F)c(F)c(CC2CCCN2)c1. The molecule has 1 nitrogen and oxygen atoms in total. The van der Waals surface area contributed by atoms with E-state index in [1.54, 1.807) is 0 Å². The van der Waals surface area contributed by atoms with E-state index in [1.807, 2.05) is 0 Å². The fraction of sp³-hybridized carbons (Fsp3) is 0.500. The molecule has 1 fully saturated rings. The van der Waals surface area contributed by atoms with Crippen LogP contribution in [0.15, 0.2) is 12.1 Å². The first kappa shape index (κ1) is 11.5. The third-order valence-electron chi connectivity index (χ3n) is 2.95. The smallest absolute Gasteiger partial charge is 0.162 e. The minimum atomic E-state index is -0.955. The fourth-order valence-corrected chi connectivity index (χ4v) is 2.13. The van der Waals surface area contributed by atoms with E-state index >= 15 is 0 Å². The van der Waals surface area contributed by atoms with Gasteiger partial charge in [-0.3, -0.25) is 0 Å². The van der Waals surface area contributed by atoms with Crippen molar-refractivity contribution in [2.45, 2.75) is 32.0 Å². The number of hydrogen-bond donors (Lipinski definition) is 1. The first-order chi connectivity index (χ1) is 7.70. The molecule has 0 amide bonds. The Morgan fingerprint density at radius 2 is 2.12 bits per heavy atom. The molecule has 1 N–H and O–H groups in total. The van der Waals surface area contributed by atoms with Crippen molar-refractivity contribution in [3.63, 3.8) is 0 Å². The largest absolute Gasteiger partial charge is 0.314 e. The van der Waals surface area contributed by atoms with Crippen molar-refractivity contribution in [1.82, 2.24) is 5.32 Å². The van der Waals surface area contributed by atoms with Gasteiger partial charge in [0.2, 0.25) is 0 Å². The fourth-order valence-electron chi connectivity index (χ4n) is 2.13.